The maximum atomic E-state index is 13.4. The number of benzene rings is 2. The maximum absolute atomic E-state index is 13.4. The molecule has 0 amide bonds. The Balaban J connectivity index is 0.000000215. The predicted molar refractivity (Wildman–Crippen MR) is 142 cm³/mol. The Bertz CT molecular complexity index is 1040. The van der Waals surface area contributed by atoms with Crippen LogP contribution >= 0.6 is 33.0 Å². The van der Waals surface area contributed by atoms with Crippen molar-refractivity contribution in [2.24, 2.45) is 0 Å². The van der Waals surface area contributed by atoms with Gasteiger partial charge in [0.1, 0.15) is 34.3 Å². The summed E-state index contributed by atoms with van der Waals surface area (Å²) in [5.41, 5.74) is 3.41. The van der Waals surface area contributed by atoms with Gasteiger partial charge in [0.2, 0.25) is 9.23 Å². The lowest BCUT2D eigenvalue weighted by Gasteiger charge is -2.26. The van der Waals surface area contributed by atoms with Crippen molar-refractivity contribution >= 4 is 42.2 Å². The number of hydrogen-bond donors (Lipinski definition) is 0. The van der Waals surface area contributed by atoms with Crippen molar-refractivity contribution < 1.29 is 22.5 Å². The fourth-order valence-corrected chi connectivity index (χ4v) is 4.84. The lowest BCUT2D eigenvalue weighted by molar-refractivity contribution is 0.0848. The summed E-state index contributed by atoms with van der Waals surface area (Å²) in [7, 11) is 7.36. The minimum absolute atomic E-state index is 0.0963. The van der Waals surface area contributed by atoms with Gasteiger partial charge in [-0.3, -0.25) is 0 Å². The summed E-state index contributed by atoms with van der Waals surface area (Å²) in [6.45, 7) is 10.4. The second kappa shape index (κ2) is 12.9. The molecule has 0 fully saturated rings. The Hall–Kier alpha value is -1.08. The third kappa shape index (κ3) is 7.47. The van der Waals surface area contributed by atoms with Gasteiger partial charge in [0.15, 0.2) is 0 Å². The number of ether oxygens (including phenoxy) is 2. The zero-order valence-corrected chi connectivity index (χ0v) is 23.9. The van der Waals surface area contributed by atoms with Gasteiger partial charge in [0.25, 0.3) is 0 Å². The van der Waals surface area contributed by atoms with Gasteiger partial charge >= 0.3 is 0 Å². The maximum Gasteiger partial charge on any atom is 0.211 e. The molecule has 0 saturated heterocycles. The molecule has 0 unspecified atom stereocenters. The van der Waals surface area contributed by atoms with Crippen molar-refractivity contribution in [3.8, 4) is 11.5 Å². The number of alkyl halides is 1. The van der Waals surface area contributed by atoms with Crippen molar-refractivity contribution in [3.05, 3.63) is 58.2 Å². The molecule has 0 N–H and O–H groups in total. The molecule has 3 nitrogen and oxygen atoms in total. The average molecular weight is 570 g/mol. The van der Waals surface area contributed by atoms with Gasteiger partial charge in [-0.25, -0.2) is 13.0 Å². The summed E-state index contributed by atoms with van der Waals surface area (Å²) in [6, 6.07) is 6.18. The molecule has 0 radical (unpaired) electrons. The molecule has 196 valence electrons. The predicted octanol–water partition coefficient (Wildman–Crippen LogP) is 8.73. The van der Waals surface area contributed by atoms with Crippen LogP contribution in [0.3, 0.4) is 0 Å². The average Bonchev–Trinajstić information content (AvgIpc) is 3.38. The molecule has 9 heteroatoms. The fraction of sp³-hybridized carbons (Fsp3) is 0.538. The van der Waals surface area contributed by atoms with E-state index in [4.69, 9.17) is 25.3 Å². The lowest BCUT2D eigenvalue weighted by Crippen LogP contribution is -2.32. The van der Waals surface area contributed by atoms with Crippen molar-refractivity contribution in [3.63, 3.8) is 0 Å². The lowest BCUT2D eigenvalue weighted by atomic mass is 9.91. The zero-order valence-electron chi connectivity index (χ0n) is 20.8. The number of hydrogen-bond acceptors (Lipinski definition) is 3. The third-order valence-corrected chi connectivity index (χ3v) is 7.20. The van der Waals surface area contributed by atoms with E-state index in [9.17, 15) is 8.78 Å². The SMILES string of the molecule is CCC1(CC)Cc2cc(F)cc(C)c2O1.CCC1(CC)Cc2cc(F)cc(CCl)c2O1.O=S(Cl)Cl. The van der Waals surface area contributed by atoms with Crippen LogP contribution in [-0.4, -0.2) is 15.4 Å². The van der Waals surface area contributed by atoms with Crippen LogP contribution < -0.4 is 9.47 Å². The van der Waals surface area contributed by atoms with Crippen LogP contribution in [0.25, 0.3) is 0 Å². The summed E-state index contributed by atoms with van der Waals surface area (Å²) in [6.07, 6.45) is 5.44. The molecule has 0 aliphatic carbocycles. The second-order valence-electron chi connectivity index (χ2n) is 8.92. The molecular formula is C26H33Cl3F2O3S. The van der Waals surface area contributed by atoms with E-state index >= 15 is 0 Å². The Morgan fingerprint density at radius 1 is 0.829 bits per heavy atom. The summed E-state index contributed by atoms with van der Waals surface area (Å²) in [5, 5.41) is 0. The van der Waals surface area contributed by atoms with E-state index in [0.29, 0.717) is 5.88 Å². The van der Waals surface area contributed by atoms with Crippen LogP contribution in [0.15, 0.2) is 24.3 Å². The van der Waals surface area contributed by atoms with Gasteiger partial charge in [0, 0.05) is 50.9 Å². The molecule has 2 aliphatic heterocycles. The monoisotopic (exact) mass is 568 g/mol. The summed E-state index contributed by atoms with van der Waals surface area (Å²) >= 11 is 5.82. The molecule has 0 aromatic heterocycles. The Morgan fingerprint density at radius 2 is 1.23 bits per heavy atom. The van der Waals surface area contributed by atoms with Crippen LogP contribution in [0.5, 0.6) is 11.5 Å². The minimum atomic E-state index is -1.67. The smallest absolute Gasteiger partial charge is 0.211 e. The fourth-order valence-electron chi connectivity index (χ4n) is 4.64. The minimum Gasteiger partial charge on any atom is -0.486 e. The van der Waals surface area contributed by atoms with E-state index in [1.54, 1.807) is 18.2 Å². The number of halogens is 5. The highest BCUT2D eigenvalue weighted by atomic mass is 36.0. The topological polar surface area (TPSA) is 35.5 Å². The molecule has 2 aliphatic rings. The van der Waals surface area contributed by atoms with Crippen LogP contribution in [0.2, 0.25) is 0 Å². The van der Waals surface area contributed by atoms with E-state index < -0.39 is 9.23 Å². The van der Waals surface area contributed by atoms with Gasteiger partial charge in [-0.1, -0.05) is 27.7 Å². The van der Waals surface area contributed by atoms with Crippen molar-refractivity contribution in [1.82, 2.24) is 0 Å². The Morgan fingerprint density at radius 3 is 1.66 bits per heavy atom. The molecule has 35 heavy (non-hydrogen) atoms. The summed E-state index contributed by atoms with van der Waals surface area (Å²) < 4.78 is 47.7. The second-order valence-corrected chi connectivity index (χ2v) is 11.7. The first-order valence-corrected chi connectivity index (χ1v) is 15.1. The number of rotatable bonds is 5. The Labute approximate surface area is 223 Å². The molecule has 0 bridgehead atoms. The van der Waals surface area contributed by atoms with E-state index in [1.807, 2.05) is 6.92 Å². The first-order chi connectivity index (χ1) is 16.5. The standard InChI is InChI=1S/C13H16ClFO.C13H17FO.Cl2OS/c1-3-13(4-2)7-9-5-11(15)6-10(8-14)12(9)16-13;1-4-13(5-2)8-10-7-11(14)6-9(3)12(10)15-13;1-4(2)3/h5-6H,3-4,7-8H2,1-2H3;6-7H,4-5,8H2,1-3H3;. The largest absolute Gasteiger partial charge is 0.486 e. The third-order valence-electron chi connectivity index (χ3n) is 6.91. The molecule has 4 rings (SSSR count). The van der Waals surface area contributed by atoms with E-state index in [0.717, 1.165) is 72.3 Å². The zero-order chi connectivity index (χ0) is 26.4. The van der Waals surface area contributed by atoms with Gasteiger partial charge in [-0.15, -0.1) is 11.6 Å². The summed E-state index contributed by atoms with van der Waals surface area (Å²) in [4.78, 5) is 0. The molecule has 2 aromatic rings. The van der Waals surface area contributed by atoms with Crippen molar-refractivity contribution in [2.75, 3.05) is 0 Å². The molecule has 2 aromatic carbocycles. The van der Waals surface area contributed by atoms with Crippen LogP contribution in [0.1, 0.15) is 75.6 Å². The first kappa shape index (κ1) is 30.1. The van der Waals surface area contributed by atoms with Gasteiger partial charge in [-0.2, -0.15) is 0 Å². The first-order valence-electron chi connectivity index (χ1n) is 11.8. The van der Waals surface area contributed by atoms with E-state index in [1.165, 1.54) is 6.07 Å². The van der Waals surface area contributed by atoms with E-state index in [-0.39, 0.29) is 22.8 Å². The molecule has 0 atom stereocenters. The van der Waals surface area contributed by atoms with Crippen molar-refractivity contribution in [1.29, 1.82) is 0 Å². The number of aryl methyl sites for hydroxylation is 1. The molecular weight excluding hydrogens is 537 g/mol. The van der Waals surface area contributed by atoms with Gasteiger partial charge in [0.05, 0.1) is 5.88 Å². The van der Waals surface area contributed by atoms with Gasteiger partial charge < -0.3 is 9.47 Å². The number of fused-ring (bicyclic) bond motifs is 2. The van der Waals surface area contributed by atoms with Crippen molar-refractivity contribution in [2.45, 2.75) is 90.2 Å². The highest BCUT2D eigenvalue weighted by molar-refractivity contribution is 8.26. The van der Waals surface area contributed by atoms with Gasteiger partial charge in [-0.05, 0) is 62.4 Å². The van der Waals surface area contributed by atoms with Crippen LogP contribution in [0.4, 0.5) is 8.78 Å². The highest BCUT2D eigenvalue weighted by Crippen LogP contribution is 2.43. The highest BCUT2D eigenvalue weighted by Gasteiger charge is 2.38. The van der Waals surface area contributed by atoms with Crippen LogP contribution in [0, 0.1) is 18.6 Å². The Kier molecular flexibility index (Phi) is 11.1. The normalized spacial score (nSPS) is 16.2. The molecule has 0 saturated carbocycles. The van der Waals surface area contributed by atoms with E-state index in [2.05, 4.69) is 49.1 Å². The molecule has 2 heterocycles. The quantitative estimate of drug-likeness (QED) is 0.267. The van der Waals surface area contributed by atoms with Crippen LogP contribution in [-0.2, 0) is 27.9 Å². The summed E-state index contributed by atoms with van der Waals surface area (Å²) in [5.74, 6) is 1.63. The molecule has 0 spiro atoms.